The molecule has 0 bridgehead atoms. The summed E-state index contributed by atoms with van der Waals surface area (Å²) in [7, 11) is 1.77. The van der Waals surface area contributed by atoms with E-state index in [1.165, 1.54) is 12.8 Å². The van der Waals surface area contributed by atoms with Gasteiger partial charge in [-0.05, 0) is 46.6 Å². The maximum atomic E-state index is 9.22. The molecule has 4 nitrogen and oxygen atoms in total. The highest BCUT2D eigenvalue weighted by atomic mass is 16.5. The van der Waals surface area contributed by atoms with Gasteiger partial charge < -0.3 is 15.2 Å². The van der Waals surface area contributed by atoms with Gasteiger partial charge in [-0.3, -0.25) is 4.90 Å². The average molecular weight is 258 g/mol. The first-order valence-electron chi connectivity index (χ1n) is 7.12. The summed E-state index contributed by atoms with van der Waals surface area (Å²) in [5.74, 6) is 0. The van der Waals surface area contributed by atoms with Crippen molar-refractivity contribution >= 4 is 0 Å². The first-order chi connectivity index (χ1) is 8.48. The number of nitrogens with one attached hydrogen (secondary N) is 1. The standard InChI is InChI=1S/C14H30N2O2/c1-12(10-14(2,3)18-4)16(8-9-17)11-13-6-5-7-15-13/h12-13,15,17H,5-11H2,1-4H3. The molecule has 0 aromatic rings. The third-order valence-electron chi connectivity index (χ3n) is 3.97. The molecule has 0 radical (unpaired) electrons. The Bertz CT molecular complexity index is 228. The Morgan fingerprint density at radius 3 is 2.72 bits per heavy atom. The lowest BCUT2D eigenvalue weighted by Crippen LogP contribution is -2.46. The van der Waals surface area contributed by atoms with E-state index in [0.29, 0.717) is 12.1 Å². The highest BCUT2D eigenvalue weighted by molar-refractivity contribution is 4.83. The quantitative estimate of drug-likeness (QED) is 0.687. The van der Waals surface area contributed by atoms with Crippen molar-refractivity contribution in [3.63, 3.8) is 0 Å². The van der Waals surface area contributed by atoms with Crippen molar-refractivity contribution in [3.05, 3.63) is 0 Å². The molecule has 1 rings (SSSR count). The molecular weight excluding hydrogens is 228 g/mol. The first-order valence-corrected chi connectivity index (χ1v) is 7.12. The van der Waals surface area contributed by atoms with Crippen molar-refractivity contribution in [2.75, 3.05) is 33.4 Å². The molecule has 0 aliphatic carbocycles. The highest BCUT2D eigenvalue weighted by Crippen LogP contribution is 2.20. The van der Waals surface area contributed by atoms with Gasteiger partial charge in [0, 0.05) is 32.3 Å². The number of hydrogen-bond acceptors (Lipinski definition) is 4. The van der Waals surface area contributed by atoms with E-state index in [0.717, 1.165) is 26.1 Å². The predicted molar refractivity (Wildman–Crippen MR) is 74.9 cm³/mol. The van der Waals surface area contributed by atoms with E-state index < -0.39 is 0 Å². The molecule has 2 N–H and O–H groups in total. The molecule has 108 valence electrons. The van der Waals surface area contributed by atoms with Crippen LogP contribution >= 0.6 is 0 Å². The molecule has 0 saturated carbocycles. The van der Waals surface area contributed by atoms with Gasteiger partial charge in [0.2, 0.25) is 0 Å². The second kappa shape index (κ2) is 7.43. The normalized spacial score (nSPS) is 22.7. The Hall–Kier alpha value is -0.160. The number of nitrogens with zero attached hydrogens (tertiary/aromatic N) is 1. The minimum absolute atomic E-state index is 0.101. The maximum Gasteiger partial charge on any atom is 0.0637 e. The zero-order chi connectivity index (χ0) is 13.6. The summed E-state index contributed by atoms with van der Waals surface area (Å²) in [5, 5.41) is 12.7. The lowest BCUT2D eigenvalue weighted by atomic mass is 9.98. The monoisotopic (exact) mass is 258 g/mol. The van der Waals surface area contributed by atoms with Gasteiger partial charge in [0.15, 0.2) is 0 Å². The Morgan fingerprint density at radius 1 is 1.50 bits per heavy atom. The Labute approximate surface area is 112 Å². The van der Waals surface area contributed by atoms with E-state index in [-0.39, 0.29) is 12.2 Å². The van der Waals surface area contributed by atoms with E-state index >= 15 is 0 Å². The number of aliphatic hydroxyl groups is 1. The molecule has 0 amide bonds. The first kappa shape index (κ1) is 15.9. The lowest BCUT2D eigenvalue weighted by Gasteiger charge is -2.35. The van der Waals surface area contributed by atoms with Crippen molar-refractivity contribution < 1.29 is 9.84 Å². The molecule has 18 heavy (non-hydrogen) atoms. The van der Waals surface area contributed by atoms with Crippen LogP contribution in [-0.2, 0) is 4.74 Å². The van der Waals surface area contributed by atoms with Gasteiger partial charge in [-0.25, -0.2) is 0 Å². The van der Waals surface area contributed by atoms with E-state index in [4.69, 9.17) is 4.74 Å². The summed E-state index contributed by atoms with van der Waals surface area (Å²) in [6.07, 6.45) is 3.51. The fourth-order valence-electron chi connectivity index (χ4n) is 2.74. The van der Waals surface area contributed by atoms with E-state index in [2.05, 4.69) is 31.0 Å². The van der Waals surface area contributed by atoms with Gasteiger partial charge in [0.25, 0.3) is 0 Å². The second-order valence-corrected chi connectivity index (χ2v) is 6.03. The number of ether oxygens (including phenoxy) is 1. The number of methoxy groups -OCH3 is 1. The minimum Gasteiger partial charge on any atom is -0.395 e. The Morgan fingerprint density at radius 2 is 2.22 bits per heavy atom. The van der Waals surface area contributed by atoms with Crippen molar-refractivity contribution in [3.8, 4) is 0 Å². The van der Waals surface area contributed by atoms with Crippen molar-refractivity contribution in [1.29, 1.82) is 0 Å². The van der Waals surface area contributed by atoms with Gasteiger partial charge in [-0.15, -0.1) is 0 Å². The Balaban J connectivity index is 2.48. The van der Waals surface area contributed by atoms with Crippen LogP contribution < -0.4 is 5.32 Å². The Kier molecular flexibility index (Phi) is 6.57. The van der Waals surface area contributed by atoms with Gasteiger partial charge in [-0.1, -0.05) is 0 Å². The van der Waals surface area contributed by atoms with Crippen LogP contribution in [0.25, 0.3) is 0 Å². The fraction of sp³-hybridized carbons (Fsp3) is 1.00. The topological polar surface area (TPSA) is 44.7 Å². The van der Waals surface area contributed by atoms with Gasteiger partial charge in [0.05, 0.1) is 12.2 Å². The molecule has 0 aromatic heterocycles. The summed E-state index contributed by atoms with van der Waals surface area (Å²) in [6, 6.07) is 1.01. The van der Waals surface area contributed by atoms with Gasteiger partial charge in [0.1, 0.15) is 0 Å². The summed E-state index contributed by atoms with van der Waals surface area (Å²) >= 11 is 0. The molecule has 2 atom stereocenters. The third-order valence-corrected chi connectivity index (χ3v) is 3.97. The zero-order valence-electron chi connectivity index (χ0n) is 12.4. The number of hydrogen-bond donors (Lipinski definition) is 2. The smallest absolute Gasteiger partial charge is 0.0637 e. The van der Waals surface area contributed by atoms with Gasteiger partial charge in [-0.2, -0.15) is 0 Å². The van der Waals surface area contributed by atoms with Crippen LogP contribution in [-0.4, -0.2) is 61.0 Å². The largest absolute Gasteiger partial charge is 0.395 e. The van der Waals surface area contributed by atoms with Crippen LogP contribution in [0.5, 0.6) is 0 Å². The molecule has 4 heteroatoms. The van der Waals surface area contributed by atoms with Crippen LogP contribution in [0.4, 0.5) is 0 Å². The lowest BCUT2D eigenvalue weighted by molar-refractivity contribution is -0.00896. The van der Waals surface area contributed by atoms with Crippen molar-refractivity contribution in [2.45, 2.75) is 57.7 Å². The summed E-state index contributed by atoms with van der Waals surface area (Å²) in [6.45, 7) is 9.61. The van der Waals surface area contributed by atoms with Crippen molar-refractivity contribution in [1.82, 2.24) is 10.2 Å². The van der Waals surface area contributed by atoms with E-state index in [1.54, 1.807) is 7.11 Å². The van der Waals surface area contributed by atoms with Crippen LogP contribution in [0.1, 0.15) is 40.0 Å². The predicted octanol–water partition coefficient (Wildman–Crippen LogP) is 1.24. The number of rotatable bonds is 8. The summed E-state index contributed by atoms with van der Waals surface area (Å²) < 4.78 is 5.50. The maximum absolute atomic E-state index is 9.22. The second-order valence-electron chi connectivity index (χ2n) is 6.03. The summed E-state index contributed by atoms with van der Waals surface area (Å²) in [4.78, 5) is 2.38. The molecular formula is C14H30N2O2. The van der Waals surface area contributed by atoms with Crippen molar-refractivity contribution in [2.24, 2.45) is 0 Å². The minimum atomic E-state index is -0.101. The molecule has 0 aromatic carbocycles. The van der Waals surface area contributed by atoms with Gasteiger partial charge >= 0.3 is 0 Å². The van der Waals surface area contributed by atoms with Crippen LogP contribution in [0.2, 0.25) is 0 Å². The molecule has 2 unspecified atom stereocenters. The molecule has 1 fully saturated rings. The highest BCUT2D eigenvalue weighted by Gasteiger charge is 2.26. The SMILES string of the molecule is COC(C)(C)CC(C)N(CCO)CC1CCCN1. The van der Waals surface area contributed by atoms with E-state index in [9.17, 15) is 5.11 Å². The average Bonchev–Trinajstić information content (AvgIpc) is 2.81. The molecule has 1 saturated heterocycles. The van der Waals surface area contributed by atoms with Crippen LogP contribution in [0.3, 0.4) is 0 Å². The third kappa shape index (κ3) is 5.22. The number of aliphatic hydroxyl groups excluding tert-OH is 1. The van der Waals surface area contributed by atoms with E-state index in [1.807, 2.05) is 0 Å². The van der Waals surface area contributed by atoms with Crippen LogP contribution in [0.15, 0.2) is 0 Å². The zero-order valence-corrected chi connectivity index (χ0v) is 12.4. The fourth-order valence-corrected chi connectivity index (χ4v) is 2.74. The molecule has 0 spiro atoms. The molecule has 1 heterocycles. The molecule has 1 aliphatic heterocycles. The molecule has 1 aliphatic rings. The van der Waals surface area contributed by atoms with Crippen LogP contribution in [0, 0.1) is 0 Å². The summed E-state index contributed by atoms with van der Waals surface area (Å²) in [5.41, 5.74) is -0.101.